The van der Waals surface area contributed by atoms with Crippen molar-refractivity contribution in [2.75, 3.05) is 12.4 Å². The molecule has 3 atom stereocenters. The summed E-state index contributed by atoms with van der Waals surface area (Å²) in [6.45, 7) is 2.06. The molecule has 1 aromatic carbocycles. The minimum Gasteiger partial charge on any atom is -0.497 e. The summed E-state index contributed by atoms with van der Waals surface area (Å²) in [4.78, 5) is 12.7. The molecule has 1 fully saturated rings. The normalized spacial score (nSPS) is 27.4. The van der Waals surface area contributed by atoms with E-state index in [0.29, 0.717) is 17.0 Å². The number of nitrogens with zero attached hydrogens (tertiary/aromatic N) is 2. The molecule has 124 valence electrons. The van der Waals surface area contributed by atoms with Gasteiger partial charge in [-0.1, -0.05) is 30.4 Å². The Bertz CT molecular complexity index is 799. The lowest BCUT2D eigenvalue weighted by molar-refractivity contribution is -0.126. The van der Waals surface area contributed by atoms with Crippen LogP contribution in [0.4, 0.5) is 5.13 Å². The Kier molecular flexibility index (Phi) is 3.64. The van der Waals surface area contributed by atoms with Crippen molar-refractivity contribution >= 4 is 22.4 Å². The quantitative estimate of drug-likeness (QED) is 0.860. The maximum Gasteiger partial charge on any atom is 0.232 e. The molecule has 0 aliphatic heterocycles. The van der Waals surface area contributed by atoms with Gasteiger partial charge in [0.25, 0.3) is 0 Å². The molecule has 2 aliphatic carbocycles. The highest BCUT2D eigenvalue weighted by Gasteiger charge is 2.50. The summed E-state index contributed by atoms with van der Waals surface area (Å²) in [5, 5.41) is 12.6. The van der Waals surface area contributed by atoms with Crippen molar-refractivity contribution in [1.29, 1.82) is 0 Å². The van der Waals surface area contributed by atoms with E-state index in [4.69, 9.17) is 4.74 Å². The molecule has 0 unspecified atom stereocenters. The Balaban J connectivity index is 1.49. The maximum absolute atomic E-state index is 12.7. The molecule has 24 heavy (non-hydrogen) atoms. The van der Waals surface area contributed by atoms with E-state index >= 15 is 0 Å². The van der Waals surface area contributed by atoms with Gasteiger partial charge in [0.1, 0.15) is 10.8 Å². The highest BCUT2D eigenvalue weighted by Crippen LogP contribution is 2.52. The van der Waals surface area contributed by atoms with Gasteiger partial charge in [0.15, 0.2) is 0 Å². The summed E-state index contributed by atoms with van der Waals surface area (Å²) in [6.07, 6.45) is 6.45. The molecule has 1 heterocycles. The van der Waals surface area contributed by atoms with Crippen molar-refractivity contribution in [2.24, 2.45) is 17.3 Å². The van der Waals surface area contributed by atoms with Gasteiger partial charge in [-0.2, -0.15) is 0 Å². The SMILES string of the molecule is COc1ccc(-c2nnc(NC(=O)[C@]3(C)C[C@H]4C=C[C@H]3C4)s2)cc1. The number of hydrogen-bond donors (Lipinski definition) is 1. The first-order chi connectivity index (χ1) is 11.6. The Morgan fingerprint density at radius 3 is 2.71 bits per heavy atom. The number of methoxy groups -OCH3 is 1. The van der Waals surface area contributed by atoms with Crippen LogP contribution in [0.2, 0.25) is 0 Å². The van der Waals surface area contributed by atoms with Gasteiger partial charge in [-0.05, 0) is 48.9 Å². The Morgan fingerprint density at radius 2 is 2.08 bits per heavy atom. The Labute approximate surface area is 144 Å². The van der Waals surface area contributed by atoms with Crippen molar-refractivity contribution < 1.29 is 9.53 Å². The van der Waals surface area contributed by atoms with E-state index in [1.807, 2.05) is 24.3 Å². The van der Waals surface area contributed by atoms with Crippen molar-refractivity contribution in [3.8, 4) is 16.3 Å². The van der Waals surface area contributed by atoms with Crippen LogP contribution in [0.15, 0.2) is 36.4 Å². The zero-order valence-corrected chi connectivity index (χ0v) is 14.5. The number of benzene rings is 1. The van der Waals surface area contributed by atoms with Crippen LogP contribution in [0.5, 0.6) is 5.75 Å². The van der Waals surface area contributed by atoms with E-state index < -0.39 is 0 Å². The summed E-state index contributed by atoms with van der Waals surface area (Å²) in [7, 11) is 1.64. The van der Waals surface area contributed by atoms with Crippen LogP contribution < -0.4 is 10.1 Å². The van der Waals surface area contributed by atoms with Crippen LogP contribution in [0.3, 0.4) is 0 Å². The number of ether oxygens (including phenoxy) is 1. The predicted molar refractivity (Wildman–Crippen MR) is 94.0 cm³/mol. The molecule has 0 spiro atoms. The van der Waals surface area contributed by atoms with Gasteiger partial charge in [0.2, 0.25) is 11.0 Å². The molecule has 1 N–H and O–H groups in total. The first kappa shape index (κ1) is 15.3. The zero-order chi connectivity index (χ0) is 16.7. The molecule has 6 heteroatoms. The number of amides is 1. The minimum atomic E-state index is -0.328. The lowest BCUT2D eigenvalue weighted by Gasteiger charge is -2.29. The van der Waals surface area contributed by atoms with Crippen LogP contribution in [-0.2, 0) is 4.79 Å². The number of carbonyl (C=O) groups excluding carboxylic acids is 1. The van der Waals surface area contributed by atoms with E-state index in [1.165, 1.54) is 11.3 Å². The number of nitrogens with one attached hydrogen (secondary N) is 1. The average molecular weight is 341 g/mol. The first-order valence-electron chi connectivity index (χ1n) is 8.06. The first-order valence-corrected chi connectivity index (χ1v) is 8.88. The van der Waals surface area contributed by atoms with Gasteiger partial charge in [-0.15, -0.1) is 10.2 Å². The molecule has 0 radical (unpaired) electrons. The summed E-state index contributed by atoms with van der Waals surface area (Å²) < 4.78 is 5.16. The number of fused-ring (bicyclic) bond motifs is 2. The average Bonchev–Trinajstić information content (AvgIpc) is 3.31. The van der Waals surface area contributed by atoms with Crippen molar-refractivity contribution in [2.45, 2.75) is 19.8 Å². The number of allylic oxidation sites excluding steroid dienone is 2. The second-order valence-corrected chi connectivity index (χ2v) is 7.68. The topological polar surface area (TPSA) is 64.1 Å². The molecule has 1 aromatic heterocycles. The molecule has 5 nitrogen and oxygen atoms in total. The van der Waals surface area contributed by atoms with Crippen molar-refractivity contribution in [3.05, 3.63) is 36.4 Å². The second kappa shape index (κ2) is 5.70. The third kappa shape index (κ3) is 2.51. The number of hydrogen-bond acceptors (Lipinski definition) is 5. The highest BCUT2D eigenvalue weighted by atomic mass is 32.1. The van der Waals surface area contributed by atoms with E-state index in [0.717, 1.165) is 29.2 Å². The predicted octanol–water partition coefficient (Wildman–Crippen LogP) is 3.75. The van der Waals surface area contributed by atoms with Crippen LogP contribution in [0.25, 0.3) is 10.6 Å². The molecular weight excluding hydrogens is 322 g/mol. The summed E-state index contributed by atoms with van der Waals surface area (Å²) in [5.41, 5.74) is 0.633. The lowest BCUT2D eigenvalue weighted by Crippen LogP contribution is -2.36. The monoisotopic (exact) mass is 341 g/mol. The van der Waals surface area contributed by atoms with Crippen LogP contribution in [-0.4, -0.2) is 23.2 Å². The third-order valence-corrected chi connectivity index (χ3v) is 6.07. The van der Waals surface area contributed by atoms with E-state index in [9.17, 15) is 4.79 Å². The molecule has 1 amide bonds. The van der Waals surface area contributed by atoms with Gasteiger partial charge in [-0.3, -0.25) is 4.79 Å². The number of anilines is 1. The fraction of sp³-hybridized carbons (Fsp3) is 0.389. The summed E-state index contributed by atoms with van der Waals surface area (Å²) in [6, 6.07) is 7.65. The second-order valence-electron chi connectivity index (χ2n) is 6.70. The Morgan fingerprint density at radius 1 is 1.29 bits per heavy atom. The fourth-order valence-electron chi connectivity index (χ4n) is 3.72. The molecule has 2 aliphatic rings. The van der Waals surface area contributed by atoms with Gasteiger partial charge < -0.3 is 10.1 Å². The van der Waals surface area contributed by atoms with Gasteiger partial charge in [-0.25, -0.2) is 0 Å². The number of aromatic nitrogens is 2. The van der Waals surface area contributed by atoms with Crippen LogP contribution >= 0.6 is 11.3 Å². The maximum atomic E-state index is 12.7. The van der Waals surface area contributed by atoms with E-state index in [1.54, 1.807) is 7.11 Å². The summed E-state index contributed by atoms with van der Waals surface area (Å²) >= 11 is 1.39. The number of rotatable bonds is 4. The van der Waals surface area contributed by atoms with Crippen molar-refractivity contribution in [3.63, 3.8) is 0 Å². The third-order valence-electron chi connectivity index (χ3n) is 5.18. The summed E-state index contributed by atoms with van der Waals surface area (Å²) in [5.74, 6) is 1.75. The largest absolute Gasteiger partial charge is 0.497 e. The standard InChI is InChI=1S/C18H19N3O2S/c1-18(10-11-3-6-13(18)9-11)16(22)19-17-21-20-15(24-17)12-4-7-14(23-2)8-5-12/h3-8,11,13H,9-10H2,1-2H3,(H,19,21,22)/t11-,13-,18+/m0/s1. The molecule has 2 bridgehead atoms. The zero-order valence-electron chi connectivity index (χ0n) is 13.7. The van der Waals surface area contributed by atoms with Gasteiger partial charge >= 0.3 is 0 Å². The van der Waals surface area contributed by atoms with E-state index in [2.05, 4.69) is 34.6 Å². The van der Waals surface area contributed by atoms with Gasteiger partial charge in [0.05, 0.1) is 12.5 Å². The fourth-order valence-corrected chi connectivity index (χ4v) is 4.46. The van der Waals surface area contributed by atoms with Crippen LogP contribution in [0.1, 0.15) is 19.8 Å². The molecule has 2 aromatic rings. The van der Waals surface area contributed by atoms with Crippen molar-refractivity contribution in [1.82, 2.24) is 10.2 Å². The van der Waals surface area contributed by atoms with Gasteiger partial charge in [0, 0.05) is 5.56 Å². The minimum absolute atomic E-state index is 0.0526. The lowest BCUT2D eigenvalue weighted by atomic mass is 9.77. The highest BCUT2D eigenvalue weighted by molar-refractivity contribution is 7.18. The smallest absolute Gasteiger partial charge is 0.232 e. The molecule has 0 saturated heterocycles. The van der Waals surface area contributed by atoms with E-state index in [-0.39, 0.29) is 11.3 Å². The Hall–Kier alpha value is -2.21. The number of carbonyl (C=O) groups is 1. The molecule has 1 saturated carbocycles. The van der Waals surface area contributed by atoms with Crippen LogP contribution in [0, 0.1) is 17.3 Å². The molecule has 4 rings (SSSR count). The molecular formula is C18H19N3O2S.